The fraction of sp³-hybridized carbons (Fsp3) is 0.400. The lowest BCUT2D eigenvalue weighted by Gasteiger charge is -2.11. The summed E-state index contributed by atoms with van der Waals surface area (Å²) in [5, 5.41) is 2.76. The zero-order valence-corrected chi connectivity index (χ0v) is 9.11. The average molecular weight is 235 g/mol. The Labute approximate surface area is 92.4 Å². The van der Waals surface area contributed by atoms with E-state index in [2.05, 4.69) is 5.32 Å². The van der Waals surface area contributed by atoms with Crippen molar-refractivity contribution in [1.82, 2.24) is 5.32 Å². The monoisotopic (exact) mass is 234 g/mol. The summed E-state index contributed by atoms with van der Waals surface area (Å²) < 4.78 is 26.3. The Balaban J connectivity index is 2.73. The highest BCUT2D eigenvalue weighted by Crippen LogP contribution is 2.19. The topological polar surface area (TPSA) is 38.0 Å². The van der Waals surface area contributed by atoms with E-state index in [4.69, 9.17) is 17.3 Å². The van der Waals surface area contributed by atoms with Crippen molar-refractivity contribution in [3.05, 3.63) is 34.4 Å². The smallest absolute Gasteiger partial charge is 0.142 e. The van der Waals surface area contributed by atoms with Crippen molar-refractivity contribution in [1.29, 1.82) is 0 Å². The fourth-order valence-electron chi connectivity index (χ4n) is 1.07. The maximum atomic E-state index is 13.3. The lowest BCUT2D eigenvalue weighted by molar-refractivity contribution is 0.527. The molecule has 0 radical (unpaired) electrons. The Kier molecular flexibility index (Phi) is 4.45. The number of rotatable bonds is 4. The predicted molar refractivity (Wildman–Crippen MR) is 56.7 cm³/mol. The van der Waals surface area contributed by atoms with Crippen LogP contribution in [0.15, 0.2) is 12.1 Å². The molecule has 15 heavy (non-hydrogen) atoms. The van der Waals surface area contributed by atoms with Gasteiger partial charge in [0, 0.05) is 24.7 Å². The molecule has 0 aliphatic carbocycles. The van der Waals surface area contributed by atoms with Crippen LogP contribution < -0.4 is 11.1 Å². The van der Waals surface area contributed by atoms with Gasteiger partial charge in [0.25, 0.3) is 0 Å². The molecule has 5 heteroatoms. The van der Waals surface area contributed by atoms with Gasteiger partial charge < -0.3 is 11.1 Å². The molecule has 0 fully saturated rings. The van der Waals surface area contributed by atoms with Crippen LogP contribution in [0.1, 0.15) is 12.5 Å². The SMILES string of the molecule is C[C@@H](CN)NCc1cc(F)c(Cl)cc1F. The van der Waals surface area contributed by atoms with E-state index >= 15 is 0 Å². The molecule has 3 N–H and O–H groups in total. The zero-order valence-electron chi connectivity index (χ0n) is 8.36. The Morgan fingerprint density at radius 2 is 2.07 bits per heavy atom. The van der Waals surface area contributed by atoms with Crippen LogP contribution in [0.3, 0.4) is 0 Å². The molecule has 0 aliphatic rings. The number of halogens is 3. The van der Waals surface area contributed by atoms with Crippen molar-refractivity contribution < 1.29 is 8.78 Å². The van der Waals surface area contributed by atoms with Gasteiger partial charge in [-0.05, 0) is 19.1 Å². The van der Waals surface area contributed by atoms with Gasteiger partial charge in [0.05, 0.1) is 5.02 Å². The molecule has 0 aliphatic heterocycles. The van der Waals surface area contributed by atoms with Crippen LogP contribution >= 0.6 is 11.6 Å². The summed E-state index contributed by atoms with van der Waals surface area (Å²) in [4.78, 5) is 0. The van der Waals surface area contributed by atoms with Gasteiger partial charge in [-0.3, -0.25) is 0 Å². The highest BCUT2D eigenvalue weighted by Gasteiger charge is 2.09. The quantitative estimate of drug-likeness (QED) is 0.783. The molecule has 0 amide bonds. The van der Waals surface area contributed by atoms with E-state index in [9.17, 15) is 8.78 Å². The maximum Gasteiger partial charge on any atom is 0.142 e. The molecule has 0 saturated heterocycles. The van der Waals surface area contributed by atoms with Crippen LogP contribution in [0.4, 0.5) is 8.78 Å². The van der Waals surface area contributed by atoms with E-state index in [-0.39, 0.29) is 23.2 Å². The first-order valence-corrected chi connectivity index (χ1v) is 4.99. The van der Waals surface area contributed by atoms with Gasteiger partial charge in [-0.15, -0.1) is 0 Å². The lowest BCUT2D eigenvalue weighted by Crippen LogP contribution is -2.32. The molecule has 0 spiro atoms. The molecule has 1 atom stereocenters. The van der Waals surface area contributed by atoms with E-state index in [1.54, 1.807) is 0 Å². The van der Waals surface area contributed by atoms with E-state index in [0.717, 1.165) is 12.1 Å². The van der Waals surface area contributed by atoms with Gasteiger partial charge >= 0.3 is 0 Å². The standard InChI is InChI=1S/C10H13ClF2N2/c1-6(4-14)15-5-7-2-10(13)8(11)3-9(7)12/h2-3,6,15H,4-5,14H2,1H3/t6-/m0/s1. The minimum absolute atomic E-state index is 0.0585. The van der Waals surface area contributed by atoms with Crippen LogP contribution in [0.25, 0.3) is 0 Å². The summed E-state index contributed by atoms with van der Waals surface area (Å²) >= 11 is 5.42. The molecule has 1 aromatic carbocycles. The van der Waals surface area contributed by atoms with Gasteiger partial charge in [-0.2, -0.15) is 0 Å². The molecular weight excluding hydrogens is 222 g/mol. The minimum Gasteiger partial charge on any atom is -0.329 e. The van der Waals surface area contributed by atoms with Gasteiger partial charge in [-0.25, -0.2) is 8.78 Å². The van der Waals surface area contributed by atoms with Gasteiger partial charge in [0.2, 0.25) is 0 Å². The van der Waals surface area contributed by atoms with E-state index in [1.807, 2.05) is 6.92 Å². The maximum absolute atomic E-state index is 13.3. The largest absolute Gasteiger partial charge is 0.329 e. The normalized spacial score (nSPS) is 12.9. The first-order chi connectivity index (χ1) is 7.04. The second kappa shape index (κ2) is 5.39. The Hall–Kier alpha value is -0.710. The van der Waals surface area contributed by atoms with Crippen molar-refractivity contribution in [3.8, 4) is 0 Å². The molecular formula is C10H13ClF2N2. The predicted octanol–water partition coefficient (Wildman–Crippen LogP) is 2.06. The number of hydrogen-bond donors (Lipinski definition) is 2. The molecule has 0 heterocycles. The summed E-state index contributed by atoms with van der Waals surface area (Å²) in [6, 6.07) is 2.12. The second-order valence-electron chi connectivity index (χ2n) is 3.38. The van der Waals surface area contributed by atoms with E-state index in [0.29, 0.717) is 6.54 Å². The second-order valence-corrected chi connectivity index (χ2v) is 3.78. The summed E-state index contributed by atoms with van der Waals surface area (Å²) in [7, 11) is 0. The fourth-order valence-corrected chi connectivity index (χ4v) is 1.22. The van der Waals surface area contributed by atoms with Gasteiger partial charge in [0.15, 0.2) is 0 Å². The number of nitrogens with two attached hydrogens (primary N) is 1. The molecule has 0 saturated carbocycles. The summed E-state index contributed by atoms with van der Waals surface area (Å²) in [6.45, 7) is 2.54. The number of hydrogen-bond acceptors (Lipinski definition) is 2. The van der Waals surface area contributed by atoms with Crippen molar-refractivity contribution in [2.75, 3.05) is 6.54 Å². The van der Waals surface area contributed by atoms with Gasteiger partial charge in [-0.1, -0.05) is 11.6 Å². The molecule has 0 aromatic heterocycles. The zero-order chi connectivity index (χ0) is 11.4. The van der Waals surface area contributed by atoms with Crippen LogP contribution in [-0.2, 0) is 6.54 Å². The van der Waals surface area contributed by atoms with Crippen molar-refractivity contribution in [2.24, 2.45) is 5.73 Å². The Morgan fingerprint density at radius 3 is 2.67 bits per heavy atom. The van der Waals surface area contributed by atoms with Crippen LogP contribution in [0.2, 0.25) is 5.02 Å². The molecule has 1 rings (SSSR count). The lowest BCUT2D eigenvalue weighted by atomic mass is 10.2. The third kappa shape index (κ3) is 3.41. The van der Waals surface area contributed by atoms with Crippen LogP contribution in [-0.4, -0.2) is 12.6 Å². The van der Waals surface area contributed by atoms with Crippen molar-refractivity contribution in [2.45, 2.75) is 19.5 Å². The average Bonchev–Trinajstić information content (AvgIpc) is 2.21. The molecule has 2 nitrogen and oxygen atoms in total. The van der Waals surface area contributed by atoms with Crippen molar-refractivity contribution in [3.63, 3.8) is 0 Å². The molecule has 0 bridgehead atoms. The molecule has 84 valence electrons. The highest BCUT2D eigenvalue weighted by molar-refractivity contribution is 6.30. The number of benzene rings is 1. The number of nitrogens with one attached hydrogen (secondary N) is 1. The van der Waals surface area contributed by atoms with Crippen molar-refractivity contribution >= 4 is 11.6 Å². The summed E-state index contributed by atoms with van der Waals surface area (Å²) in [6.07, 6.45) is 0. The minimum atomic E-state index is -0.615. The third-order valence-corrected chi connectivity index (χ3v) is 2.37. The van der Waals surface area contributed by atoms with E-state index in [1.165, 1.54) is 0 Å². The van der Waals surface area contributed by atoms with Crippen LogP contribution in [0, 0.1) is 11.6 Å². The summed E-state index contributed by atoms with van der Waals surface area (Å²) in [5.74, 6) is -1.13. The van der Waals surface area contributed by atoms with Crippen LogP contribution in [0.5, 0.6) is 0 Å². The molecule has 0 unspecified atom stereocenters. The Morgan fingerprint density at radius 1 is 1.40 bits per heavy atom. The van der Waals surface area contributed by atoms with E-state index < -0.39 is 11.6 Å². The first kappa shape index (κ1) is 12.4. The molecule has 1 aromatic rings. The Bertz CT molecular complexity index is 344. The first-order valence-electron chi connectivity index (χ1n) is 4.61. The highest BCUT2D eigenvalue weighted by atomic mass is 35.5. The third-order valence-electron chi connectivity index (χ3n) is 2.08. The van der Waals surface area contributed by atoms with Gasteiger partial charge in [0.1, 0.15) is 11.6 Å². The summed E-state index contributed by atoms with van der Waals surface area (Å²) in [5.41, 5.74) is 5.62.